The van der Waals surface area contributed by atoms with Crippen molar-refractivity contribution in [3.63, 3.8) is 0 Å². The molecule has 1 saturated carbocycles. The Bertz CT molecular complexity index is 327. The molecule has 2 fully saturated rings. The highest BCUT2D eigenvalue weighted by Gasteiger charge is 2.35. The molecule has 1 saturated heterocycles. The Hall–Kier alpha value is -0.440. The van der Waals surface area contributed by atoms with Gasteiger partial charge >= 0.3 is 0 Å². The number of rotatable bonds is 5. The van der Waals surface area contributed by atoms with Gasteiger partial charge in [-0.05, 0) is 62.7 Å². The molecule has 1 aliphatic heterocycles. The third-order valence-electron chi connectivity index (χ3n) is 4.73. The Morgan fingerprint density at radius 1 is 1.11 bits per heavy atom. The maximum atomic E-state index is 12.4. The van der Waals surface area contributed by atoms with E-state index in [9.17, 15) is 4.79 Å². The molecule has 0 aromatic rings. The maximum Gasteiger partial charge on any atom is 0.222 e. The molecule has 1 aliphatic carbocycles. The molecular weight excluding hydrogens is 254 g/mol. The summed E-state index contributed by atoms with van der Waals surface area (Å²) < 4.78 is 0. The van der Waals surface area contributed by atoms with Gasteiger partial charge in [-0.1, -0.05) is 25.1 Å². The van der Waals surface area contributed by atoms with Gasteiger partial charge in [-0.2, -0.15) is 0 Å². The molecule has 0 aromatic carbocycles. The average molecular weight is 281 g/mol. The summed E-state index contributed by atoms with van der Waals surface area (Å²) in [7, 11) is 0. The Kier molecular flexibility index (Phi) is 5.80. The van der Waals surface area contributed by atoms with E-state index >= 15 is 0 Å². The topological polar surface area (TPSA) is 20.3 Å². The van der Waals surface area contributed by atoms with E-state index in [2.05, 4.69) is 4.90 Å². The molecule has 0 spiro atoms. The van der Waals surface area contributed by atoms with Crippen molar-refractivity contribution in [1.82, 2.24) is 4.90 Å². The zero-order valence-corrected chi connectivity index (χ0v) is 13.0. The first-order valence-corrected chi connectivity index (χ1v) is 8.38. The van der Waals surface area contributed by atoms with Crippen LogP contribution in [0, 0.1) is 5.92 Å². The molecule has 0 bridgehead atoms. The number of carbonyl (C=O) groups is 1. The Morgan fingerprint density at radius 3 is 2.58 bits per heavy atom. The lowest BCUT2D eigenvalue weighted by atomic mass is 9.78. The molecule has 2 aliphatic rings. The summed E-state index contributed by atoms with van der Waals surface area (Å²) in [4.78, 5) is 15.7. The summed E-state index contributed by atoms with van der Waals surface area (Å²) in [6.07, 6.45) is 11.6. The first kappa shape index (κ1) is 15.0. The minimum absolute atomic E-state index is 0.402. The molecule has 1 amide bonds. The largest absolute Gasteiger partial charge is 0.339 e. The number of hydrogen-bond acceptors (Lipinski definition) is 2. The molecule has 1 heterocycles. The minimum atomic E-state index is 0.402. The summed E-state index contributed by atoms with van der Waals surface area (Å²) in [5.74, 6) is 1.20. The second-order valence-corrected chi connectivity index (χ2v) is 6.95. The highest BCUT2D eigenvalue weighted by molar-refractivity contribution is 7.80. The molecule has 0 aromatic heterocycles. The number of fused-ring (bicyclic) bond motifs is 1. The van der Waals surface area contributed by atoms with Crippen molar-refractivity contribution in [2.75, 3.05) is 6.54 Å². The fourth-order valence-electron chi connectivity index (χ4n) is 3.73. The fraction of sp³-hybridized carbons (Fsp3) is 0.875. The lowest BCUT2D eigenvalue weighted by molar-refractivity contribution is -0.137. The number of piperidine rings is 1. The van der Waals surface area contributed by atoms with Crippen LogP contribution in [-0.2, 0) is 4.79 Å². The number of amides is 1. The van der Waals surface area contributed by atoms with E-state index in [0.29, 0.717) is 11.9 Å². The molecule has 2 nitrogen and oxygen atoms in total. The molecule has 19 heavy (non-hydrogen) atoms. The normalized spacial score (nSPS) is 26.9. The molecular formula is C16H27NOS. The van der Waals surface area contributed by atoms with E-state index in [1.807, 2.05) is 6.92 Å². The van der Waals surface area contributed by atoms with Crippen molar-refractivity contribution < 1.29 is 4.79 Å². The van der Waals surface area contributed by atoms with Crippen LogP contribution in [0.4, 0.5) is 0 Å². The highest BCUT2D eigenvalue weighted by atomic mass is 32.1. The van der Waals surface area contributed by atoms with Gasteiger partial charge in [0.2, 0.25) is 5.91 Å². The van der Waals surface area contributed by atoms with Gasteiger partial charge in [0.15, 0.2) is 0 Å². The predicted molar refractivity (Wildman–Crippen MR) is 83.4 cm³/mol. The number of carbonyl (C=O) groups excluding carboxylic acids is 1. The van der Waals surface area contributed by atoms with Crippen LogP contribution in [0.25, 0.3) is 0 Å². The number of unbranched alkanes of at least 4 members (excludes halogenated alkanes) is 1. The number of likely N-dealkylation sites (tertiary alicyclic amines) is 1. The predicted octanol–water partition coefficient (Wildman–Crippen LogP) is 4.12. The summed E-state index contributed by atoms with van der Waals surface area (Å²) in [5.41, 5.74) is 0. The van der Waals surface area contributed by atoms with Crippen molar-refractivity contribution in [2.45, 2.75) is 77.2 Å². The SMILES string of the molecule is CC(=S)CCCCC(=O)N1CCCC2CCCCC21. The molecule has 2 rings (SSSR count). The highest BCUT2D eigenvalue weighted by Crippen LogP contribution is 2.35. The fourth-order valence-corrected chi connectivity index (χ4v) is 3.87. The second-order valence-electron chi connectivity index (χ2n) is 6.25. The zero-order valence-electron chi connectivity index (χ0n) is 12.2. The monoisotopic (exact) mass is 281 g/mol. The third kappa shape index (κ3) is 4.27. The molecule has 0 N–H and O–H groups in total. The van der Waals surface area contributed by atoms with Crippen molar-refractivity contribution in [3.8, 4) is 0 Å². The Labute approximate surface area is 122 Å². The van der Waals surface area contributed by atoms with Gasteiger partial charge in [0.05, 0.1) is 0 Å². The van der Waals surface area contributed by atoms with Crippen LogP contribution in [0.5, 0.6) is 0 Å². The van der Waals surface area contributed by atoms with E-state index in [1.54, 1.807) is 0 Å². The lowest BCUT2D eigenvalue weighted by Gasteiger charge is -2.44. The van der Waals surface area contributed by atoms with Gasteiger partial charge in [-0.15, -0.1) is 0 Å². The van der Waals surface area contributed by atoms with E-state index in [-0.39, 0.29) is 0 Å². The van der Waals surface area contributed by atoms with Crippen molar-refractivity contribution in [3.05, 3.63) is 0 Å². The minimum Gasteiger partial charge on any atom is -0.339 e. The number of nitrogens with zero attached hydrogens (tertiary/aromatic N) is 1. The van der Waals surface area contributed by atoms with Crippen LogP contribution in [0.2, 0.25) is 0 Å². The van der Waals surface area contributed by atoms with E-state index < -0.39 is 0 Å². The summed E-state index contributed by atoms with van der Waals surface area (Å²) >= 11 is 5.08. The molecule has 108 valence electrons. The van der Waals surface area contributed by atoms with Gasteiger partial charge in [-0.25, -0.2) is 0 Å². The summed E-state index contributed by atoms with van der Waals surface area (Å²) in [6.45, 7) is 3.00. The number of hydrogen-bond donors (Lipinski definition) is 0. The van der Waals surface area contributed by atoms with Gasteiger partial charge in [0.25, 0.3) is 0 Å². The van der Waals surface area contributed by atoms with Crippen molar-refractivity contribution in [1.29, 1.82) is 0 Å². The van der Waals surface area contributed by atoms with E-state index in [1.165, 1.54) is 38.5 Å². The van der Waals surface area contributed by atoms with Crippen LogP contribution in [0.3, 0.4) is 0 Å². The van der Waals surface area contributed by atoms with Crippen LogP contribution in [0.1, 0.15) is 71.1 Å². The average Bonchev–Trinajstić information content (AvgIpc) is 2.42. The van der Waals surface area contributed by atoms with Gasteiger partial charge in [-0.3, -0.25) is 4.79 Å². The van der Waals surface area contributed by atoms with Crippen LogP contribution in [-0.4, -0.2) is 28.3 Å². The van der Waals surface area contributed by atoms with Crippen molar-refractivity contribution in [2.24, 2.45) is 5.92 Å². The Balaban J connectivity index is 1.78. The van der Waals surface area contributed by atoms with Crippen LogP contribution in [0.15, 0.2) is 0 Å². The van der Waals surface area contributed by atoms with Gasteiger partial charge in [0.1, 0.15) is 0 Å². The quantitative estimate of drug-likeness (QED) is 0.558. The summed E-state index contributed by atoms with van der Waals surface area (Å²) in [5, 5.41) is 0. The second kappa shape index (κ2) is 7.37. The first-order valence-electron chi connectivity index (χ1n) is 7.97. The molecule has 3 heteroatoms. The standard InChI is InChI=1S/C16H27NOS/c1-13(19)7-2-5-11-16(18)17-12-6-9-14-8-3-4-10-15(14)17/h14-15H,2-12H2,1H3. The maximum absolute atomic E-state index is 12.4. The van der Waals surface area contributed by atoms with Crippen molar-refractivity contribution >= 4 is 23.0 Å². The van der Waals surface area contributed by atoms with E-state index in [4.69, 9.17) is 12.2 Å². The zero-order chi connectivity index (χ0) is 13.7. The molecule has 0 radical (unpaired) electrons. The van der Waals surface area contributed by atoms with Gasteiger partial charge < -0.3 is 4.90 Å². The van der Waals surface area contributed by atoms with Crippen LogP contribution >= 0.6 is 12.2 Å². The first-order chi connectivity index (χ1) is 9.18. The Morgan fingerprint density at radius 2 is 1.79 bits per heavy atom. The van der Waals surface area contributed by atoms with E-state index in [0.717, 1.165) is 43.0 Å². The molecule has 2 unspecified atom stereocenters. The molecule has 2 atom stereocenters. The van der Waals surface area contributed by atoms with Gasteiger partial charge in [0, 0.05) is 19.0 Å². The summed E-state index contributed by atoms with van der Waals surface area (Å²) in [6, 6.07) is 0.572. The third-order valence-corrected chi connectivity index (χ3v) is 4.94. The van der Waals surface area contributed by atoms with Crippen LogP contribution < -0.4 is 0 Å². The lowest BCUT2D eigenvalue weighted by Crippen LogP contribution is -2.49. The number of thiocarbonyl (C=S) groups is 1. The smallest absolute Gasteiger partial charge is 0.222 e.